The second-order valence-electron chi connectivity index (χ2n) is 7.11. The third kappa shape index (κ3) is 3.97. The Morgan fingerprint density at radius 1 is 1.30 bits per heavy atom. The molecule has 1 fully saturated rings. The monoisotopic (exact) mass is 409 g/mol. The molecule has 2 aromatic heterocycles. The van der Waals surface area contributed by atoms with Gasteiger partial charge in [-0.05, 0) is 30.2 Å². The van der Waals surface area contributed by atoms with Gasteiger partial charge in [-0.3, -0.25) is 14.9 Å². The van der Waals surface area contributed by atoms with Gasteiger partial charge in [0.2, 0.25) is 17.8 Å². The largest absolute Gasteiger partial charge is 0.354 e. The van der Waals surface area contributed by atoms with Crippen molar-refractivity contribution in [3.05, 3.63) is 53.0 Å². The summed E-state index contributed by atoms with van der Waals surface area (Å²) >= 11 is 0. The van der Waals surface area contributed by atoms with Crippen molar-refractivity contribution in [2.45, 2.75) is 12.8 Å². The van der Waals surface area contributed by atoms with Crippen molar-refractivity contribution in [3.63, 3.8) is 0 Å². The van der Waals surface area contributed by atoms with Crippen molar-refractivity contribution in [2.24, 2.45) is 0 Å². The van der Waals surface area contributed by atoms with Gasteiger partial charge in [0.05, 0.1) is 12.6 Å². The van der Waals surface area contributed by atoms with E-state index in [9.17, 15) is 14.0 Å². The fourth-order valence-electron chi connectivity index (χ4n) is 3.12. The third-order valence-electron chi connectivity index (χ3n) is 4.59. The number of hydrogen-bond acceptors (Lipinski definition) is 7. The van der Waals surface area contributed by atoms with Crippen LogP contribution in [0.1, 0.15) is 17.5 Å². The van der Waals surface area contributed by atoms with Gasteiger partial charge in [-0.1, -0.05) is 12.1 Å². The zero-order valence-electron chi connectivity index (χ0n) is 16.5. The highest BCUT2D eigenvalue weighted by atomic mass is 19.1. The number of halogens is 1. The number of carbonyl (C=O) groups excluding carboxylic acids is 2. The molecule has 2 amide bonds. The minimum Gasteiger partial charge on any atom is -0.354 e. The zero-order valence-corrected chi connectivity index (χ0v) is 16.5. The van der Waals surface area contributed by atoms with Gasteiger partial charge >= 0.3 is 0 Å². The molecule has 0 unspecified atom stereocenters. The summed E-state index contributed by atoms with van der Waals surface area (Å²) < 4.78 is 14.9. The lowest BCUT2D eigenvalue weighted by Crippen LogP contribution is -2.19. The summed E-state index contributed by atoms with van der Waals surface area (Å²) in [6.07, 6.45) is 3.82. The molecule has 2 N–H and O–H groups in total. The van der Waals surface area contributed by atoms with Crippen LogP contribution in [0.15, 0.2) is 36.0 Å². The lowest BCUT2D eigenvalue weighted by Gasteiger charge is -2.14. The van der Waals surface area contributed by atoms with Crippen LogP contribution in [-0.4, -0.2) is 52.0 Å². The maximum absolute atomic E-state index is 13.4. The highest BCUT2D eigenvalue weighted by Gasteiger charge is 2.24. The number of fused-ring (bicyclic) bond motifs is 1. The Labute approximate surface area is 171 Å². The van der Waals surface area contributed by atoms with Crippen LogP contribution < -0.4 is 15.5 Å². The molecule has 0 saturated carbocycles. The standard InChI is InChI=1S/C20H20FN7O2/c1-27(2)20-25-17-14(9-13-10-16(29)24-18(13)30)11-23-28(17)19(26-20)22-7-6-12-4-3-5-15(21)8-12/h3-5,8-9,11H,6-7,10H2,1-2H3,(H,22,25,26)(H,24,29,30). The highest BCUT2D eigenvalue weighted by molar-refractivity contribution is 6.15. The normalized spacial score (nSPS) is 15.1. The fraction of sp³-hybridized carbons (Fsp3) is 0.250. The molecule has 3 heterocycles. The first-order valence-corrected chi connectivity index (χ1v) is 9.37. The molecule has 0 aliphatic carbocycles. The van der Waals surface area contributed by atoms with Crippen LogP contribution in [0.5, 0.6) is 0 Å². The molecule has 10 heteroatoms. The minimum atomic E-state index is -0.408. The number of nitrogens with zero attached hydrogens (tertiary/aromatic N) is 5. The van der Waals surface area contributed by atoms with Crippen LogP contribution in [0.4, 0.5) is 16.3 Å². The van der Waals surface area contributed by atoms with Crippen LogP contribution in [0.3, 0.4) is 0 Å². The molecule has 9 nitrogen and oxygen atoms in total. The molecule has 1 aromatic carbocycles. The quantitative estimate of drug-likeness (QED) is 0.469. The molecular formula is C20H20FN7O2. The number of rotatable bonds is 6. The Balaban J connectivity index is 1.64. The van der Waals surface area contributed by atoms with Gasteiger partial charge in [0.25, 0.3) is 5.91 Å². The first-order chi connectivity index (χ1) is 14.4. The summed E-state index contributed by atoms with van der Waals surface area (Å²) in [5.41, 5.74) is 2.33. The van der Waals surface area contributed by atoms with Gasteiger partial charge in [-0.15, -0.1) is 0 Å². The minimum absolute atomic E-state index is 0.0283. The molecule has 30 heavy (non-hydrogen) atoms. The molecule has 1 aliphatic heterocycles. The second-order valence-corrected chi connectivity index (χ2v) is 7.11. The van der Waals surface area contributed by atoms with E-state index in [0.29, 0.717) is 41.6 Å². The average molecular weight is 409 g/mol. The summed E-state index contributed by atoms with van der Waals surface area (Å²) in [5.74, 6) is -0.0775. The number of anilines is 2. The van der Waals surface area contributed by atoms with Gasteiger partial charge in [-0.2, -0.15) is 19.6 Å². The molecule has 1 saturated heterocycles. The Hall–Kier alpha value is -3.82. The molecular weight excluding hydrogens is 389 g/mol. The van der Waals surface area contributed by atoms with E-state index < -0.39 is 5.91 Å². The average Bonchev–Trinajstić information content (AvgIpc) is 3.24. The predicted molar refractivity (Wildman–Crippen MR) is 109 cm³/mol. The van der Waals surface area contributed by atoms with E-state index in [1.54, 1.807) is 27.8 Å². The fourth-order valence-corrected chi connectivity index (χ4v) is 3.12. The van der Waals surface area contributed by atoms with E-state index in [4.69, 9.17) is 0 Å². The van der Waals surface area contributed by atoms with E-state index in [-0.39, 0.29) is 18.1 Å². The van der Waals surface area contributed by atoms with Gasteiger partial charge in [-0.25, -0.2) is 4.39 Å². The Morgan fingerprint density at radius 2 is 2.13 bits per heavy atom. The summed E-state index contributed by atoms with van der Waals surface area (Å²) in [7, 11) is 3.64. The maximum atomic E-state index is 13.4. The van der Waals surface area contributed by atoms with Crippen LogP contribution in [0.25, 0.3) is 11.7 Å². The summed E-state index contributed by atoms with van der Waals surface area (Å²) in [6.45, 7) is 0.510. The van der Waals surface area contributed by atoms with Crippen molar-refractivity contribution >= 4 is 35.4 Å². The SMILES string of the molecule is CN(C)c1nc(NCCc2cccc(F)c2)n2ncc(C=C3CC(=O)NC3=O)c2n1. The van der Waals surface area contributed by atoms with Crippen LogP contribution in [0.2, 0.25) is 0 Å². The van der Waals surface area contributed by atoms with Crippen molar-refractivity contribution in [3.8, 4) is 0 Å². The number of imide groups is 1. The first kappa shape index (κ1) is 19.5. The number of benzene rings is 1. The van der Waals surface area contributed by atoms with Crippen LogP contribution in [-0.2, 0) is 16.0 Å². The highest BCUT2D eigenvalue weighted by Crippen LogP contribution is 2.21. The van der Waals surface area contributed by atoms with E-state index in [2.05, 4.69) is 25.7 Å². The molecule has 1 aliphatic rings. The van der Waals surface area contributed by atoms with Crippen molar-refractivity contribution in [1.29, 1.82) is 0 Å². The molecule has 0 bridgehead atoms. The van der Waals surface area contributed by atoms with Crippen LogP contribution in [0, 0.1) is 5.82 Å². The summed E-state index contributed by atoms with van der Waals surface area (Å²) in [6, 6.07) is 6.44. The maximum Gasteiger partial charge on any atom is 0.254 e. The van der Waals surface area contributed by atoms with Gasteiger partial charge < -0.3 is 10.2 Å². The van der Waals surface area contributed by atoms with E-state index >= 15 is 0 Å². The van der Waals surface area contributed by atoms with E-state index in [0.717, 1.165) is 5.56 Å². The lowest BCUT2D eigenvalue weighted by atomic mass is 10.1. The Kier molecular flexibility index (Phi) is 5.13. The van der Waals surface area contributed by atoms with Crippen LogP contribution >= 0.6 is 0 Å². The molecule has 0 radical (unpaired) electrons. The topological polar surface area (TPSA) is 105 Å². The molecule has 154 valence electrons. The summed E-state index contributed by atoms with van der Waals surface area (Å²) in [4.78, 5) is 34.1. The number of amides is 2. The number of aromatic nitrogens is 4. The zero-order chi connectivity index (χ0) is 21.3. The molecule has 0 atom stereocenters. The smallest absolute Gasteiger partial charge is 0.254 e. The van der Waals surface area contributed by atoms with E-state index in [1.807, 2.05) is 20.2 Å². The number of carbonyl (C=O) groups is 2. The number of nitrogens with one attached hydrogen (secondary N) is 2. The first-order valence-electron chi connectivity index (χ1n) is 9.37. The molecule has 0 spiro atoms. The van der Waals surface area contributed by atoms with Gasteiger partial charge in [0.15, 0.2) is 5.65 Å². The van der Waals surface area contributed by atoms with E-state index in [1.165, 1.54) is 12.1 Å². The number of hydrogen-bond donors (Lipinski definition) is 2. The summed E-state index contributed by atoms with van der Waals surface area (Å²) in [5, 5.41) is 9.82. The van der Waals surface area contributed by atoms with Crippen molar-refractivity contribution < 1.29 is 14.0 Å². The van der Waals surface area contributed by atoms with Gasteiger partial charge in [0, 0.05) is 31.8 Å². The Bertz CT molecular complexity index is 1170. The second kappa shape index (κ2) is 7.90. The van der Waals surface area contributed by atoms with Crippen molar-refractivity contribution in [1.82, 2.24) is 24.9 Å². The molecule has 4 rings (SSSR count). The third-order valence-corrected chi connectivity index (χ3v) is 4.59. The molecule has 3 aromatic rings. The van der Waals surface area contributed by atoms with Crippen molar-refractivity contribution in [2.75, 3.05) is 30.9 Å². The Morgan fingerprint density at radius 3 is 2.83 bits per heavy atom. The lowest BCUT2D eigenvalue weighted by molar-refractivity contribution is -0.124. The van der Waals surface area contributed by atoms with Gasteiger partial charge in [0.1, 0.15) is 5.82 Å². The predicted octanol–water partition coefficient (Wildman–Crippen LogP) is 1.41.